The highest BCUT2D eigenvalue weighted by Crippen LogP contribution is 2.26. The Bertz CT molecular complexity index is 567. The molecule has 0 aliphatic heterocycles. The Morgan fingerprint density at radius 3 is 2.78 bits per heavy atom. The van der Waals surface area contributed by atoms with Gasteiger partial charge in [-0.2, -0.15) is 0 Å². The van der Waals surface area contributed by atoms with Crippen LogP contribution in [0.4, 0.5) is 0 Å². The molecule has 0 aliphatic carbocycles. The van der Waals surface area contributed by atoms with Crippen LogP contribution in [0.5, 0.6) is 5.75 Å². The topological polar surface area (TPSA) is 35.0 Å². The Morgan fingerprint density at radius 2 is 2.17 bits per heavy atom. The fourth-order valence-corrected chi connectivity index (χ4v) is 1.87. The number of nitrogens with zero attached hydrogens (tertiary/aromatic N) is 2. The SMILES string of the molecule is COc1ccc(/C=C(\C)c2cnccn2)cc1Cl. The van der Waals surface area contributed by atoms with Crippen LogP contribution < -0.4 is 4.74 Å². The molecule has 0 bridgehead atoms. The predicted molar refractivity (Wildman–Crippen MR) is 73.6 cm³/mol. The van der Waals surface area contributed by atoms with Crippen LogP contribution in [-0.4, -0.2) is 17.1 Å². The van der Waals surface area contributed by atoms with Crippen molar-refractivity contribution in [1.29, 1.82) is 0 Å². The molecular formula is C14H13ClN2O. The van der Waals surface area contributed by atoms with Gasteiger partial charge in [-0.05, 0) is 36.3 Å². The molecule has 1 aromatic heterocycles. The molecule has 2 rings (SSSR count). The second kappa shape index (κ2) is 5.65. The Hall–Kier alpha value is -1.87. The first-order valence-corrected chi connectivity index (χ1v) is 5.86. The Balaban J connectivity index is 2.31. The Labute approximate surface area is 111 Å². The number of aromatic nitrogens is 2. The van der Waals surface area contributed by atoms with E-state index in [1.165, 1.54) is 0 Å². The van der Waals surface area contributed by atoms with E-state index in [2.05, 4.69) is 9.97 Å². The zero-order valence-corrected chi connectivity index (χ0v) is 11.0. The van der Waals surface area contributed by atoms with E-state index in [1.807, 2.05) is 31.2 Å². The molecule has 4 heteroatoms. The molecule has 2 aromatic rings. The second-order valence-electron chi connectivity index (χ2n) is 3.81. The van der Waals surface area contributed by atoms with Crippen LogP contribution >= 0.6 is 11.6 Å². The normalized spacial score (nSPS) is 11.4. The lowest BCUT2D eigenvalue weighted by Crippen LogP contribution is -1.87. The van der Waals surface area contributed by atoms with E-state index in [-0.39, 0.29) is 0 Å². The van der Waals surface area contributed by atoms with Gasteiger partial charge in [0.15, 0.2) is 0 Å². The van der Waals surface area contributed by atoms with Crippen LogP contribution in [0.2, 0.25) is 5.02 Å². The molecule has 3 nitrogen and oxygen atoms in total. The van der Waals surface area contributed by atoms with Crippen molar-refractivity contribution >= 4 is 23.3 Å². The van der Waals surface area contributed by atoms with E-state index < -0.39 is 0 Å². The van der Waals surface area contributed by atoms with Crippen LogP contribution in [-0.2, 0) is 0 Å². The van der Waals surface area contributed by atoms with E-state index in [0.29, 0.717) is 10.8 Å². The zero-order valence-electron chi connectivity index (χ0n) is 10.2. The van der Waals surface area contributed by atoms with Crippen LogP contribution in [0.1, 0.15) is 18.2 Å². The van der Waals surface area contributed by atoms with Gasteiger partial charge in [-0.25, -0.2) is 0 Å². The first-order chi connectivity index (χ1) is 8.70. The Morgan fingerprint density at radius 1 is 1.33 bits per heavy atom. The predicted octanol–water partition coefficient (Wildman–Crippen LogP) is 3.70. The minimum absolute atomic E-state index is 0.596. The maximum absolute atomic E-state index is 6.08. The number of allylic oxidation sites excluding steroid dienone is 1. The van der Waals surface area contributed by atoms with Crippen molar-refractivity contribution in [1.82, 2.24) is 9.97 Å². The number of ether oxygens (including phenoxy) is 1. The van der Waals surface area contributed by atoms with Crippen molar-refractivity contribution in [3.8, 4) is 5.75 Å². The van der Waals surface area contributed by atoms with E-state index in [4.69, 9.17) is 16.3 Å². The fraction of sp³-hybridized carbons (Fsp3) is 0.143. The van der Waals surface area contributed by atoms with E-state index in [0.717, 1.165) is 16.8 Å². The summed E-state index contributed by atoms with van der Waals surface area (Å²) in [4.78, 5) is 8.29. The molecule has 0 saturated heterocycles. The molecule has 0 saturated carbocycles. The van der Waals surface area contributed by atoms with Crippen molar-refractivity contribution < 1.29 is 4.74 Å². The minimum Gasteiger partial charge on any atom is -0.495 e. The molecule has 0 amide bonds. The molecule has 0 atom stereocenters. The van der Waals surface area contributed by atoms with Crippen LogP contribution in [0.3, 0.4) is 0 Å². The highest BCUT2D eigenvalue weighted by molar-refractivity contribution is 6.32. The van der Waals surface area contributed by atoms with Gasteiger partial charge in [0, 0.05) is 12.4 Å². The summed E-state index contributed by atoms with van der Waals surface area (Å²) in [5, 5.41) is 0.596. The summed E-state index contributed by atoms with van der Waals surface area (Å²) in [6.45, 7) is 1.99. The number of halogens is 1. The summed E-state index contributed by atoms with van der Waals surface area (Å²) in [5.74, 6) is 0.672. The van der Waals surface area contributed by atoms with Crippen molar-refractivity contribution in [2.45, 2.75) is 6.92 Å². The third-order valence-electron chi connectivity index (χ3n) is 2.53. The smallest absolute Gasteiger partial charge is 0.137 e. The zero-order chi connectivity index (χ0) is 13.0. The lowest BCUT2D eigenvalue weighted by Gasteiger charge is -2.04. The quantitative estimate of drug-likeness (QED) is 0.844. The van der Waals surface area contributed by atoms with Crippen molar-refractivity contribution in [3.05, 3.63) is 53.1 Å². The molecule has 18 heavy (non-hydrogen) atoms. The average molecular weight is 261 g/mol. The summed E-state index contributed by atoms with van der Waals surface area (Å²) < 4.78 is 5.11. The largest absolute Gasteiger partial charge is 0.495 e. The van der Waals surface area contributed by atoms with Gasteiger partial charge in [0.05, 0.1) is 24.0 Å². The van der Waals surface area contributed by atoms with Crippen LogP contribution in [0.25, 0.3) is 11.6 Å². The highest BCUT2D eigenvalue weighted by Gasteiger charge is 2.02. The minimum atomic E-state index is 0.596. The molecule has 0 fully saturated rings. The molecule has 92 valence electrons. The van der Waals surface area contributed by atoms with E-state index in [1.54, 1.807) is 25.7 Å². The molecule has 0 N–H and O–H groups in total. The summed E-state index contributed by atoms with van der Waals surface area (Å²) in [6.07, 6.45) is 7.07. The monoisotopic (exact) mass is 260 g/mol. The van der Waals surface area contributed by atoms with Crippen LogP contribution in [0.15, 0.2) is 36.8 Å². The number of benzene rings is 1. The fourth-order valence-electron chi connectivity index (χ4n) is 1.60. The third kappa shape index (κ3) is 2.87. The summed E-state index contributed by atoms with van der Waals surface area (Å²) >= 11 is 6.08. The second-order valence-corrected chi connectivity index (χ2v) is 4.22. The first kappa shape index (κ1) is 12.6. The lowest BCUT2D eigenvalue weighted by atomic mass is 10.1. The van der Waals surface area contributed by atoms with Gasteiger partial charge in [-0.15, -0.1) is 0 Å². The maximum Gasteiger partial charge on any atom is 0.137 e. The summed E-state index contributed by atoms with van der Waals surface area (Å²) in [6, 6.07) is 5.66. The lowest BCUT2D eigenvalue weighted by molar-refractivity contribution is 0.415. The van der Waals surface area contributed by atoms with E-state index in [9.17, 15) is 0 Å². The third-order valence-corrected chi connectivity index (χ3v) is 2.82. The maximum atomic E-state index is 6.08. The van der Waals surface area contributed by atoms with Gasteiger partial charge in [0.1, 0.15) is 5.75 Å². The number of methoxy groups -OCH3 is 1. The molecule has 0 unspecified atom stereocenters. The number of rotatable bonds is 3. The van der Waals surface area contributed by atoms with Gasteiger partial charge in [-0.1, -0.05) is 17.7 Å². The van der Waals surface area contributed by atoms with Gasteiger partial charge >= 0.3 is 0 Å². The van der Waals surface area contributed by atoms with Crippen molar-refractivity contribution in [2.24, 2.45) is 0 Å². The molecule has 0 radical (unpaired) electrons. The summed E-state index contributed by atoms with van der Waals surface area (Å²) in [5.41, 5.74) is 2.89. The standard InChI is InChI=1S/C14H13ClN2O/c1-10(13-9-16-5-6-17-13)7-11-3-4-14(18-2)12(15)8-11/h3-9H,1-2H3/b10-7+. The van der Waals surface area contributed by atoms with E-state index >= 15 is 0 Å². The highest BCUT2D eigenvalue weighted by atomic mass is 35.5. The van der Waals surface area contributed by atoms with Crippen molar-refractivity contribution in [3.63, 3.8) is 0 Å². The first-order valence-electron chi connectivity index (χ1n) is 5.49. The van der Waals surface area contributed by atoms with Gasteiger partial charge in [-0.3, -0.25) is 9.97 Å². The van der Waals surface area contributed by atoms with Gasteiger partial charge < -0.3 is 4.74 Å². The Kier molecular flexibility index (Phi) is 3.95. The van der Waals surface area contributed by atoms with Gasteiger partial charge in [0.25, 0.3) is 0 Å². The molecule has 0 aliphatic rings. The summed E-state index contributed by atoms with van der Waals surface area (Å²) in [7, 11) is 1.60. The van der Waals surface area contributed by atoms with Gasteiger partial charge in [0.2, 0.25) is 0 Å². The molecule has 1 aromatic carbocycles. The molecule has 0 spiro atoms. The molecule has 1 heterocycles. The average Bonchev–Trinajstić information content (AvgIpc) is 2.40. The van der Waals surface area contributed by atoms with Crippen molar-refractivity contribution in [2.75, 3.05) is 7.11 Å². The number of hydrogen-bond acceptors (Lipinski definition) is 3. The molecular weight excluding hydrogens is 248 g/mol. The number of hydrogen-bond donors (Lipinski definition) is 0. The van der Waals surface area contributed by atoms with Crippen LogP contribution in [0, 0.1) is 0 Å².